The van der Waals surface area contributed by atoms with Gasteiger partial charge in [-0.15, -0.1) is 23.5 Å². The summed E-state index contributed by atoms with van der Waals surface area (Å²) in [6.07, 6.45) is 7.02. The van der Waals surface area contributed by atoms with E-state index in [9.17, 15) is 4.39 Å². The minimum Gasteiger partial charge on any atom is -0.256 e. The van der Waals surface area contributed by atoms with Crippen LogP contribution >= 0.6 is 23.5 Å². The first-order chi connectivity index (χ1) is 7.20. The maximum absolute atomic E-state index is 13.5. The number of hydrogen-bond acceptors (Lipinski definition) is 3. The van der Waals surface area contributed by atoms with E-state index in [0.717, 1.165) is 17.0 Å². The zero-order valence-corrected chi connectivity index (χ0v) is 9.87. The fourth-order valence-corrected chi connectivity index (χ4v) is 5.54. The molecule has 2 aliphatic heterocycles. The standard InChI is InChI=1S/C11H10FNS2/c1-7-6-14-11(15-7)5-8(12)4-10-9(11)2-3-13-10/h2-5,7H,6H2,1H3. The summed E-state index contributed by atoms with van der Waals surface area (Å²) in [5, 5.41) is 0.569. The number of fused-ring (bicyclic) bond motifs is 2. The Hall–Kier alpha value is -0.480. The zero-order valence-electron chi connectivity index (χ0n) is 8.24. The smallest absolute Gasteiger partial charge is 0.123 e. The molecule has 4 heteroatoms. The molecule has 0 radical (unpaired) electrons. The molecule has 2 unspecified atom stereocenters. The van der Waals surface area contributed by atoms with Gasteiger partial charge in [0.05, 0.1) is 5.70 Å². The molecule has 2 heterocycles. The quantitative estimate of drug-likeness (QED) is 0.643. The molecule has 3 aliphatic rings. The molecule has 0 amide bonds. The van der Waals surface area contributed by atoms with Crippen LogP contribution in [-0.4, -0.2) is 21.3 Å². The Bertz CT molecular complexity index is 436. The summed E-state index contributed by atoms with van der Waals surface area (Å²) < 4.78 is 13.3. The third kappa shape index (κ3) is 1.42. The van der Waals surface area contributed by atoms with Gasteiger partial charge in [-0.05, 0) is 18.2 Å². The highest BCUT2D eigenvalue weighted by molar-refractivity contribution is 8.22. The number of nitrogens with zero attached hydrogens (tertiary/aromatic N) is 1. The van der Waals surface area contributed by atoms with Crippen LogP contribution in [0.5, 0.6) is 0 Å². The summed E-state index contributed by atoms with van der Waals surface area (Å²) in [6.45, 7) is 2.19. The van der Waals surface area contributed by atoms with Crippen LogP contribution in [0.1, 0.15) is 6.92 Å². The Morgan fingerprint density at radius 3 is 3.20 bits per heavy atom. The van der Waals surface area contributed by atoms with Gasteiger partial charge < -0.3 is 0 Å². The molecule has 1 nitrogen and oxygen atoms in total. The maximum atomic E-state index is 13.5. The van der Waals surface area contributed by atoms with E-state index in [4.69, 9.17) is 0 Å². The highest BCUT2D eigenvalue weighted by Crippen LogP contribution is 2.57. The average molecular weight is 239 g/mol. The van der Waals surface area contributed by atoms with Gasteiger partial charge in [-0.25, -0.2) is 4.39 Å². The summed E-state index contributed by atoms with van der Waals surface area (Å²) in [7, 11) is 0. The van der Waals surface area contributed by atoms with Gasteiger partial charge in [-0.3, -0.25) is 4.99 Å². The summed E-state index contributed by atoms with van der Waals surface area (Å²) >= 11 is 3.64. The fourth-order valence-electron chi connectivity index (χ4n) is 2.01. The summed E-state index contributed by atoms with van der Waals surface area (Å²) in [6, 6.07) is 0. The van der Waals surface area contributed by atoms with Gasteiger partial charge in [0, 0.05) is 22.8 Å². The van der Waals surface area contributed by atoms with Gasteiger partial charge in [-0.2, -0.15) is 0 Å². The molecule has 0 aromatic rings. The molecule has 3 rings (SSSR count). The average Bonchev–Trinajstić information content (AvgIpc) is 2.74. The van der Waals surface area contributed by atoms with Crippen molar-refractivity contribution in [2.24, 2.45) is 4.99 Å². The first-order valence-corrected chi connectivity index (χ1v) is 6.73. The van der Waals surface area contributed by atoms with Gasteiger partial charge in [0.2, 0.25) is 0 Å². The van der Waals surface area contributed by atoms with E-state index in [1.165, 1.54) is 6.08 Å². The van der Waals surface area contributed by atoms with Crippen LogP contribution < -0.4 is 0 Å². The molecular formula is C11H10FNS2. The van der Waals surface area contributed by atoms with Gasteiger partial charge in [0.25, 0.3) is 0 Å². The molecule has 1 fully saturated rings. The Morgan fingerprint density at radius 1 is 1.60 bits per heavy atom. The first-order valence-electron chi connectivity index (χ1n) is 4.87. The predicted molar refractivity (Wildman–Crippen MR) is 66.1 cm³/mol. The van der Waals surface area contributed by atoms with Gasteiger partial charge in [0.15, 0.2) is 0 Å². The van der Waals surface area contributed by atoms with Gasteiger partial charge >= 0.3 is 0 Å². The SMILES string of the molecule is CC1CSC2(C=C(F)C=C3N=CC=C32)S1. The van der Waals surface area contributed by atoms with E-state index in [1.807, 2.05) is 29.6 Å². The lowest BCUT2D eigenvalue weighted by atomic mass is 10.0. The monoisotopic (exact) mass is 239 g/mol. The molecule has 0 aromatic carbocycles. The molecule has 0 aromatic heterocycles. The Kier molecular flexibility index (Phi) is 2.11. The fraction of sp³-hybridized carbons (Fsp3) is 0.364. The van der Waals surface area contributed by atoms with Crippen LogP contribution in [-0.2, 0) is 0 Å². The first kappa shape index (κ1) is 9.73. The third-order valence-corrected chi connectivity index (χ3v) is 6.16. The summed E-state index contributed by atoms with van der Waals surface area (Å²) in [5.41, 5.74) is 1.95. The Morgan fingerprint density at radius 2 is 2.47 bits per heavy atom. The van der Waals surface area contributed by atoms with Crippen LogP contribution in [0.25, 0.3) is 0 Å². The predicted octanol–water partition coefficient (Wildman–Crippen LogP) is 3.31. The maximum Gasteiger partial charge on any atom is 0.123 e. The number of thioether (sulfide) groups is 2. The van der Waals surface area contributed by atoms with Crippen LogP contribution in [0.2, 0.25) is 0 Å². The van der Waals surface area contributed by atoms with Crippen LogP contribution in [0, 0.1) is 0 Å². The van der Waals surface area contributed by atoms with E-state index in [1.54, 1.807) is 12.3 Å². The molecule has 1 saturated heterocycles. The topological polar surface area (TPSA) is 12.4 Å². The largest absolute Gasteiger partial charge is 0.256 e. The van der Waals surface area contributed by atoms with Crippen molar-refractivity contribution in [3.8, 4) is 0 Å². The van der Waals surface area contributed by atoms with Crippen LogP contribution in [0.4, 0.5) is 4.39 Å². The molecule has 1 aliphatic carbocycles. The number of allylic oxidation sites excluding steroid dienone is 4. The van der Waals surface area contributed by atoms with E-state index >= 15 is 0 Å². The van der Waals surface area contributed by atoms with E-state index < -0.39 is 0 Å². The zero-order chi connectivity index (χ0) is 10.5. The molecule has 2 atom stereocenters. The van der Waals surface area contributed by atoms with Gasteiger partial charge in [-0.1, -0.05) is 6.92 Å². The van der Waals surface area contributed by atoms with E-state index in [-0.39, 0.29) is 9.91 Å². The second kappa shape index (κ2) is 3.25. The van der Waals surface area contributed by atoms with E-state index in [2.05, 4.69) is 11.9 Å². The molecule has 1 spiro atoms. The van der Waals surface area contributed by atoms with Crippen molar-refractivity contribution in [1.29, 1.82) is 0 Å². The lowest BCUT2D eigenvalue weighted by molar-refractivity contribution is 0.655. The van der Waals surface area contributed by atoms with Crippen molar-refractivity contribution in [2.75, 3.05) is 5.75 Å². The highest BCUT2D eigenvalue weighted by Gasteiger charge is 2.44. The number of rotatable bonds is 0. The van der Waals surface area contributed by atoms with Crippen molar-refractivity contribution in [1.82, 2.24) is 0 Å². The normalized spacial score (nSPS) is 37.7. The Balaban J connectivity index is 2.07. The number of aliphatic imine (C=N–C) groups is 1. The molecular weight excluding hydrogens is 229 g/mol. The number of halogens is 1. The minimum absolute atomic E-state index is 0.157. The van der Waals surface area contributed by atoms with Crippen LogP contribution in [0.15, 0.2) is 40.3 Å². The lowest BCUT2D eigenvalue weighted by Crippen LogP contribution is -2.20. The van der Waals surface area contributed by atoms with E-state index in [0.29, 0.717) is 5.25 Å². The Labute approximate surface area is 96.6 Å². The van der Waals surface area contributed by atoms with Crippen molar-refractivity contribution in [3.63, 3.8) is 0 Å². The van der Waals surface area contributed by atoms with Gasteiger partial charge in [0.1, 0.15) is 9.91 Å². The molecule has 78 valence electrons. The second-order valence-electron chi connectivity index (χ2n) is 3.82. The number of hydrogen-bond donors (Lipinski definition) is 0. The summed E-state index contributed by atoms with van der Waals surface area (Å²) in [4.78, 5) is 4.19. The molecule has 0 saturated carbocycles. The molecule has 0 N–H and O–H groups in total. The summed E-state index contributed by atoms with van der Waals surface area (Å²) in [5.74, 6) is 0.911. The second-order valence-corrected chi connectivity index (χ2v) is 7.03. The van der Waals surface area contributed by atoms with Crippen molar-refractivity contribution >= 4 is 29.7 Å². The van der Waals surface area contributed by atoms with Crippen LogP contribution in [0.3, 0.4) is 0 Å². The molecule has 0 bridgehead atoms. The minimum atomic E-state index is -0.218. The third-order valence-electron chi connectivity index (χ3n) is 2.62. The van der Waals surface area contributed by atoms with Crippen molar-refractivity contribution in [3.05, 3.63) is 35.3 Å². The van der Waals surface area contributed by atoms with Crippen molar-refractivity contribution in [2.45, 2.75) is 16.3 Å². The molecule has 15 heavy (non-hydrogen) atoms. The lowest BCUT2D eigenvalue weighted by Gasteiger charge is -2.28. The highest BCUT2D eigenvalue weighted by atomic mass is 32.2. The van der Waals surface area contributed by atoms with Crippen molar-refractivity contribution < 1.29 is 4.39 Å².